The summed E-state index contributed by atoms with van der Waals surface area (Å²) in [4.78, 5) is 31.4. The predicted molar refractivity (Wildman–Crippen MR) is 62.0 cm³/mol. The van der Waals surface area contributed by atoms with Gasteiger partial charge in [-0.05, 0) is 24.0 Å². The van der Waals surface area contributed by atoms with Crippen LogP contribution in [-0.2, 0) is 17.6 Å². The van der Waals surface area contributed by atoms with E-state index in [1.165, 1.54) is 12.1 Å². The lowest BCUT2D eigenvalue weighted by Crippen LogP contribution is -2.41. The summed E-state index contributed by atoms with van der Waals surface area (Å²) in [7, 11) is 0. The van der Waals surface area contributed by atoms with E-state index >= 15 is 0 Å². The monoisotopic (exact) mass is 249 g/mol. The molecule has 0 aromatic heterocycles. The second-order valence-electron chi connectivity index (χ2n) is 4.05. The molecule has 1 unspecified atom stereocenters. The van der Waals surface area contributed by atoms with Gasteiger partial charge in [-0.2, -0.15) is 0 Å². The minimum atomic E-state index is -0.558. The normalized spacial score (nSPS) is 16.8. The first-order chi connectivity index (χ1) is 8.60. The number of hydrogen-bond acceptors (Lipinski definition) is 4. The van der Waals surface area contributed by atoms with E-state index in [2.05, 4.69) is 5.32 Å². The van der Waals surface area contributed by atoms with E-state index in [1.807, 2.05) is 5.32 Å². The van der Waals surface area contributed by atoms with Gasteiger partial charge in [0.2, 0.25) is 6.41 Å². The lowest BCUT2D eigenvalue weighted by molar-refractivity contribution is -0.384. The fourth-order valence-corrected chi connectivity index (χ4v) is 2.10. The van der Waals surface area contributed by atoms with Crippen LogP contribution < -0.4 is 10.6 Å². The van der Waals surface area contributed by atoms with Crippen LogP contribution in [0.25, 0.3) is 0 Å². The molecule has 1 aliphatic rings. The molecule has 0 saturated carbocycles. The van der Waals surface area contributed by atoms with E-state index in [0.29, 0.717) is 19.3 Å². The highest BCUT2D eigenvalue weighted by Crippen LogP contribution is 2.26. The second-order valence-corrected chi connectivity index (χ2v) is 4.05. The molecule has 0 aliphatic heterocycles. The molecular formula is C11H11N3O4. The van der Waals surface area contributed by atoms with Gasteiger partial charge in [-0.3, -0.25) is 20.2 Å². The summed E-state index contributed by atoms with van der Waals surface area (Å²) in [6, 6.07) is 3.98. The van der Waals surface area contributed by atoms with E-state index in [1.54, 1.807) is 6.07 Å². The van der Waals surface area contributed by atoms with Gasteiger partial charge in [-0.15, -0.1) is 0 Å². The molecule has 94 valence electrons. The zero-order valence-corrected chi connectivity index (χ0v) is 9.38. The van der Waals surface area contributed by atoms with Crippen molar-refractivity contribution in [1.29, 1.82) is 0 Å². The van der Waals surface area contributed by atoms with Crippen molar-refractivity contribution in [3.63, 3.8) is 0 Å². The number of non-ortho nitro benzene ring substituents is 1. The van der Waals surface area contributed by atoms with Crippen molar-refractivity contribution in [2.75, 3.05) is 0 Å². The Hall–Kier alpha value is -2.44. The van der Waals surface area contributed by atoms with Crippen LogP contribution in [0.5, 0.6) is 0 Å². The van der Waals surface area contributed by atoms with E-state index in [-0.39, 0.29) is 11.7 Å². The first-order valence-electron chi connectivity index (χ1n) is 5.37. The van der Waals surface area contributed by atoms with Crippen LogP contribution in [0.2, 0.25) is 0 Å². The summed E-state index contributed by atoms with van der Waals surface area (Å²) in [6.07, 6.45) is 1.45. The number of nitrogens with one attached hydrogen (secondary N) is 2. The zero-order valence-electron chi connectivity index (χ0n) is 9.38. The lowest BCUT2D eigenvalue weighted by Gasteiger charge is -2.10. The van der Waals surface area contributed by atoms with Crippen LogP contribution in [0.4, 0.5) is 10.5 Å². The topological polar surface area (TPSA) is 101 Å². The summed E-state index contributed by atoms with van der Waals surface area (Å²) in [5.41, 5.74) is 1.89. The Labute approximate surface area is 102 Å². The van der Waals surface area contributed by atoms with Gasteiger partial charge in [0.25, 0.3) is 5.69 Å². The molecule has 3 amide bonds. The van der Waals surface area contributed by atoms with Gasteiger partial charge in [-0.1, -0.05) is 6.07 Å². The second kappa shape index (κ2) is 4.82. The van der Waals surface area contributed by atoms with Crippen molar-refractivity contribution in [2.45, 2.75) is 18.9 Å². The minimum absolute atomic E-state index is 0.0479. The van der Waals surface area contributed by atoms with E-state index in [4.69, 9.17) is 0 Å². The molecule has 7 nitrogen and oxygen atoms in total. The molecule has 1 aliphatic carbocycles. The number of hydrogen-bond donors (Lipinski definition) is 2. The third-order valence-corrected chi connectivity index (χ3v) is 2.86. The summed E-state index contributed by atoms with van der Waals surface area (Å²) in [6.45, 7) is 0. The smallest absolute Gasteiger partial charge is 0.321 e. The number of benzene rings is 1. The Morgan fingerprint density at radius 2 is 2.11 bits per heavy atom. The highest BCUT2D eigenvalue weighted by atomic mass is 16.6. The van der Waals surface area contributed by atoms with Crippen LogP contribution in [0.1, 0.15) is 11.1 Å². The van der Waals surface area contributed by atoms with Crippen molar-refractivity contribution >= 4 is 18.1 Å². The molecule has 7 heteroatoms. The van der Waals surface area contributed by atoms with E-state index in [9.17, 15) is 19.7 Å². The van der Waals surface area contributed by atoms with Gasteiger partial charge in [0.1, 0.15) is 0 Å². The standard InChI is InChI=1S/C11H11N3O4/c15-6-12-11(16)13-9-3-7-1-2-10(14(17)18)5-8(7)4-9/h1-2,5-6,9H,3-4H2,(H2,12,13,15,16). The molecule has 2 N–H and O–H groups in total. The molecule has 1 atom stereocenters. The van der Waals surface area contributed by atoms with Crippen molar-refractivity contribution < 1.29 is 14.5 Å². The first kappa shape index (κ1) is 12.0. The number of nitro groups is 1. The highest BCUT2D eigenvalue weighted by Gasteiger charge is 2.24. The number of fused-ring (bicyclic) bond motifs is 1. The van der Waals surface area contributed by atoms with Crippen LogP contribution in [0, 0.1) is 10.1 Å². The molecule has 0 spiro atoms. The third kappa shape index (κ3) is 2.45. The summed E-state index contributed by atoms with van der Waals surface area (Å²) >= 11 is 0. The molecule has 0 saturated heterocycles. The first-order valence-corrected chi connectivity index (χ1v) is 5.37. The Balaban J connectivity index is 2.06. The summed E-state index contributed by atoms with van der Waals surface area (Å²) in [5.74, 6) is 0. The van der Waals surface area contributed by atoms with Crippen LogP contribution in [0.15, 0.2) is 18.2 Å². The third-order valence-electron chi connectivity index (χ3n) is 2.86. The fraction of sp³-hybridized carbons (Fsp3) is 0.273. The Morgan fingerprint density at radius 1 is 1.39 bits per heavy atom. The molecule has 0 bridgehead atoms. The average molecular weight is 249 g/mol. The largest absolute Gasteiger partial charge is 0.334 e. The maximum Gasteiger partial charge on any atom is 0.321 e. The molecule has 18 heavy (non-hydrogen) atoms. The van der Waals surface area contributed by atoms with Gasteiger partial charge in [-0.25, -0.2) is 4.79 Å². The van der Waals surface area contributed by atoms with E-state index < -0.39 is 11.0 Å². The molecule has 2 rings (SSSR count). The van der Waals surface area contributed by atoms with Gasteiger partial charge < -0.3 is 5.32 Å². The lowest BCUT2D eigenvalue weighted by atomic mass is 10.1. The maximum atomic E-state index is 11.2. The summed E-state index contributed by atoms with van der Waals surface area (Å²) < 4.78 is 0. The van der Waals surface area contributed by atoms with Gasteiger partial charge in [0.05, 0.1) is 4.92 Å². The minimum Gasteiger partial charge on any atom is -0.334 e. The van der Waals surface area contributed by atoms with Gasteiger partial charge >= 0.3 is 6.03 Å². The SMILES string of the molecule is O=CNC(=O)NC1Cc2ccc([N+](=O)[O-])cc2C1. The predicted octanol–water partition coefficient (Wildman–Crippen LogP) is 0.518. The van der Waals surface area contributed by atoms with Crippen molar-refractivity contribution in [3.05, 3.63) is 39.4 Å². The highest BCUT2D eigenvalue weighted by molar-refractivity contribution is 5.84. The Morgan fingerprint density at radius 3 is 2.78 bits per heavy atom. The summed E-state index contributed by atoms with van der Waals surface area (Å²) in [5, 5.41) is 15.2. The Kier molecular flexibility index (Phi) is 3.22. The molecule has 1 aromatic carbocycles. The molecule has 0 heterocycles. The number of amides is 3. The molecule has 0 fully saturated rings. The van der Waals surface area contributed by atoms with E-state index in [0.717, 1.165) is 11.1 Å². The van der Waals surface area contributed by atoms with Crippen molar-refractivity contribution in [3.8, 4) is 0 Å². The molecule has 1 aromatic rings. The van der Waals surface area contributed by atoms with Crippen LogP contribution in [-0.4, -0.2) is 23.4 Å². The average Bonchev–Trinajstić information content (AvgIpc) is 2.69. The zero-order chi connectivity index (χ0) is 13.1. The molecular weight excluding hydrogens is 238 g/mol. The van der Waals surface area contributed by atoms with Crippen LogP contribution >= 0.6 is 0 Å². The number of urea groups is 1. The fourth-order valence-electron chi connectivity index (χ4n) is 2.10. The number of nitrogens with zero attached hydrogens (tertiary/aromatic N) is 1. The number of nitro benzene ring substituents is 1. The maximum absolute atomic E-state index is 11.2. The van der Waals surface area contributed by atoms with Crippen molar-refractivity contribution in [1.82, 2.24) is 10.6 Å². The number of carbonyl (C=O) groups excluding carboxylic acids is 2. The van der Waals surface area contributed by atoms with Crippen LogP contribution in [0.3, 0.4) is 0 Å². The van der Waals surface area contributed by atoms with Gasteiger partial charge in [0.15, 0.2) is 0 Å². The van der Waals surface area contributed by atoms with Gasteiger partial charge in [0, 0.05) is 18.2 Å². The number of imide groups is 1. The van der Waals surface area contributed by atoms with Crippen molar-refractivity contribution in [2.24, 2.45) is 0 Å². The Bertz CT molecular complexity index is 515. The molecule has 0 radical (unpaired) electrons. The quantitative estimate of drug-likeness (QED) is 0.463. The number of rotatable bonds is 3. The number of carbonyl (C=O) groups is 2.